The fourth-order valence-corrected chi connectivity index (χ4v) is 4.63. The van der Waals surface area contributed by atoms with Crippen molar-refractivity contribution in [3.05, 3.63) is 46.0 Å². The van der Waals surface area contributed by atoms with Gasteiger partial charge in [-0.05, 0) is 42.0 Å². The van der Waals surface area contributed by atoms with E-state index in [1.165, 1.54) is 10.4 Å². The predicted octanol–water partition coefficient (Wildman–Crippen LogP) is 4.32. The topological polar surface area (TPSA) is 60.6 Å². The number of benzene rings is 1. The van der Waals surface area contributed by atoms with Gasteiger partial charge in [0.2, 0.25) is 11.7 Å². The van der Waals surface area contributed by atoms with Gasteiger partial charge in [0.1, 0.15) is 11.5 Å². The number of aromatic nitrogens is 2. The van der Waals surface area contributed by atoms with Gasteiger partial charge in [-0.25, -0.2) is 0 Å². The normalized spacial score (nSPS) is 16.9. The van der Waals surface area contributed by atoms with E-state index in [1.54, 1.807) is 14.2 Å². The Morgan fingerprint density at radius 1 is 1.26 bits per heavy atom. The first-order valence-corrected chi connectivity index (χ1v) is 9.96. The number of hydrogen-bond donors (Lipinski definition) is 0. The Bertz CT molecular complexity index is 921. The summed E-state index contributed by atoms with van der Waals surface area (Å²) < 4.78 is 16.3. The maximum atomic E-state index is 5.55. The van der Waals surface area contributed by atoms with Gasteiger partial charge in [0.05, 0.1) is 26.3 Å². The number of nitrogens with zero attached hydrogens (tertiary/aromatic N) is 3. The number of fused-ring (bicyclic) bond motifs is 1. The lowest BCUT2D eigenvalue weighted by atomic mass is 9.98. The van der Waals surface area contributed by atoms with Crippen LogP contribution in [0, 0.1) is 0 Å². The van der Waals surface area contributed by atoms with Crippen LogP contribution in [0.15, 0.2) is 34.2 Å². The van der Waals surface area contributed by atoms with Gasteiger partial charge < -0.3 is 14.0 Å². The highest BCUT2D eigenvalue weighted by atomic mass is 32.1. The van der Waals surface area contributed by atoms with Crippen LogP contribution < -0.4 is 9.47 Å². The van der Waals surface area contributed by atoms with Crippen molar-refractivity contribution in [2.45, 2.75) is 32.4 Å². The summed E-state index contributed by atoms with van der Waals surface area (Å²) in [5.41, 5.74) is 2.24. The third kappa shape index (κ3) is 3.44. The fraction of sp³-hybridized carbons (Fsp3) is 0.400. The van der Waals surface area contributed by atoms with E-state index in [2.05, 4.69) is 33.4 Å². The van der Waals surface area contributed by atoms with Crippen molar-refractivity contribution in [1.82, 2.24) is 15.0 Å². The minimum absolute atomic E-state index is 0.408. The Kier molecular flexibility index (Phi) is 5.13. The molecule has 0 saturated carbocycles. The molecule has 4 rings (SSSR count). The lowest BCUT2D eigenvalue weighted by molar-refractivity contribution is 0.151. The molecule has 1 aliphatic heterocycles. The zero-order valence-electron chi connectivity index (χ0n) is 15.8. The van der Waals surface area contributed by atoms with Gasteiger partial charge in [-0.2, -0.15) is 4.98 Å². The van der Waals surface area contributed by atoms with Crippen LogP contribution in [0.5, 0.6) is 11.5 Å². The number of methoxy groups -OCH3 is 2. The maximum absolute atomic E-state index is 5.55. The molecule has 1 unspecified atom stereocenters. The molecule has 1 aliphatic rings. The predicted molar refractivity (Wildman–Crippen MR) is 104 cm³/mol. The Labute approximate surface area is 162 Å². The van der Waals surface area contributed by atoms with Crippen molar-refractivity contribution in [3.63, 3.8) is 0 Å². The van der Waals surface area contributed by atoms with Crippen LogP contribution in [0.3, 0.4) is 0 Å². The molecule has 0 saturated heterocycles. The molecule has 0 aliphatic carbocycles. The molecule has 0 radical (unpaired) electrons. The molecule has 1 atom stereocenters. The standard InChI is InChI=1S/C20H23N3O3S/c1-4-16-14-8-10-27-18(14)7-9-23(16)12-19-21-20(22-26-19)15-6-5-13(24-2)11-17(15)25-3/h5-6,8,10-11,16H,4,7,9,12H2,1-3H3. The number of ether oxygens (including phenoxy) is 2. The number of hydrogen-bond acceptors (Lipinski definition) is 7. The number of thiophene rings is 1. The third-order valence-electron chi connectivity index (χ3n) is 5.05. The van der Waals surface area contributed by atoms with E-state index < -0.39 is 0 Å². The van der Waals surface area contributed by atoms with Gasteiger partial charge in [0, 0.05) is 23.5 Å². The SMILES string of the molecule is CCC1c2ccsc2CCN1Cc1nc(-c2ccc(OC)cc2OC)no1. The highest BCUT2D eigenvalue weighted by Crippen LogP contribution is 2.36. The summed E-state index contributed by atoms with van der Waals surface area (Å²) in [5.74, 6) is 2.55. The molecule has 142 valence electrons. The van der Waals surface area contributed by atoms with Gasteiger partial charge in [-0.3, -0.25) is 4.90 Å². The molecule has 3 aromatic rings. The highest BCUT2D eigenvalue weighted by Gasteiger charge is 2.28. The summed E-state index contributed by atoms with van der Waals surface area (Å²) in [6.45, 7) is 3.89. The molecule has 7 heteroatoms. The second-order valence-corrected chi connectivity index (χ2v) is 7.52. The molecule has 1 aromatic carbocycles. The van der Waals surface area contributed by atoms with Crippen molar-refractivity contribution in [1.29, 1.82) is 0 Å². The number of rotatable bonds is 6. The van der Waals surface area contributed by atoms with Crippen molar-refractivity contribution in [2.24, 2.45) is 0 Å². The quantitative estimate of drug-likeness (QED) is 0.630. The lowest BCUT2D eigenvalue weighted by Gasteiger charge is -2.34. The Morgan fingerprint density at radius 2 is 2.15 bits per heavy atom. The van der Waals surface area contributed by atoms with E-state index in [1.807, 2.05) is 29.5 Å². The Balaban J connectivity index is 1.55. The van der Waals surface area contributed by atoms with Gasteiger partial charge in [-0.15, -0.1) is 11.3 Å². The highest BCUT2D eigenvalue weighted by molar-refractivity contribution is 7.10. The first kappa shape index (κ1) is 18.0. The van der Waals surface area contributed by atoms with Crippen LogP contribution in [0.4, 0.5) is 0 Å². The molecule has 0 amide bonds. The Hall–Kier alpha value is -2.38. The summed E-state index contributed by atoms with van der Waals surface area (Å²) in [6, 6.07) is 8.23. The maximum Gasteiger partial charge on any atom is 0.241 e. The van der Waals surface area contributed by atoms with Crippen molar-refractivity contribution in [2.75, 3.05) is 20.8 Å². The van der Waals surface area contributed by atoms with Gasteiger partial charge in [-0.1, -0.05) is 12.1 Å². The van der Waals surface area contributed by atoms with Crippen molar-refractivity contribution < 1.29 is 14.0 Å². The molecule has 0 spiro atoms. The second kappa shape index (κ2) is 7.70. The van der Waals surface area contributed by atoms with E-state index in [-0.39, 0.29) is 0 Å². The first-order valence-electron chi connectivity index (χ1n) is 9.08. The monoisotopic (exact) mass is 385 g/mol. The first-order chi connectivity index (χ1) is 13.2. The van der Waals surface area contributed by atoms with E-state index >= 15 is 0 Å². The van der Waals surface area contributed by atoms with E-state index in [0.717, 1.165) is 30.7 Å². The smallest absolute Gasteiger partial charge is 0.241 e. The summed E-state index contributed by atoms with van der Waals surface area (Å²) >= 11 is 1.86. The van der Waals surface area contributed by atoms with Crippen LogP contribution in [-0.4, -0.2) is 35.8 Å². The van der Waals surface area contributed by atoms with Crippen LogP contribution in [0.25, 0.3) is 11.4 Å². The minimum Gasteiger partial charge on any atom is -0.497 e. The van der Waals surface area contributed by atoms with Gasteiger partial charge in [0.25, 0.3) is 0 Å². The molecule has 0 N–H and O–H groups in total. The van der Waals surface area contributed by atoms with Crippen molar-refractivity contribution >= 4 is 11.3 Å². The largest absolute Gasteiger partial charge is 0.497 e. The van der Waals surface area contributed by atoms with Gasteiger partial charge >= 0.3 is 0 Å². The average Bonchev–Trinajstić information content (AvgIpc) is 3.36. The van der Waals surface area contributed by atoms with E-state index in [0.29, 0.717) is 30.1 Å². The summed E-state index contributed by atoms with van der Waals surface area (Å²) in [6.07, 6.45) is 2.15. The van der Waals surface area contributed by atoms with Crippen LogP contribution in [-0.2, 0) is 13.0 Å². The van der Waals surface area contributed by atoms with Crippen molar-refractivity contribution in [3.8, 4) is 22.9 Å². The molecule has 2 aromatic heterocycles. The fourth-order valence-electron chi connectivity index (χ4n) is 3.70. The zero-order valence-corrected chi connectivity index (χ0v) is 16.6. The van der Waals surface area contributed by atoms with Gasteiger partial charge in [0.15, 0.2) is 0 Å². The summed E-state index contributed by atoms with van der Waals surface area (Å²) in [7, 11) is 3.25. The molecule has 6 nitrogen and oxygen atoms in total. The minimum atomic E-state index is 0.408. The lowest BCUT2D eigenvalue weighted by Crippen LogP contribution is -2.34. The van der Waals surface area contributed by atoms with E-state index in [4.69, 9.17) is 14.0 Å². The van der Waals surface area contributed by atoms with Crippen LogP contribution in [0.1, 0.15) is 35.7 Å². The molecular weight excluding hydrogens is 362 g/mol. The third-order valence-corrected chi connectivity index (χ3v) is 6.04. The second-order valence-electron chi connectivity index (χ2n) is 6.52. The van der Waals surface area contributed by atoms with E-state index in [9.17, 15) is 0 Å². The Morgan fingerprint density at radius 3 is 2.93 bits per heavy atom. The zero-order chi connectivity index (χ0) is 18.8. The summed E-state index contributed by atoms with van der Waals surface area (Å²) in [5, 5.41) is 6.36. The molecule has 0 fully saturated rings. The molecule has 0 bridgehead atoms. The van der Waals surface area contributed by atoms with Crippen LogP contribution >= 0.6 is 11.3 Å². The molecule has 27 heavy (non-hydrogen) atoms. The summed E-state index contributed by atoms with van der Waals surface area (Å²) in [4.78, 5) is 8.55. The van der Waals surface area contributed by atoms with Crippen LogP contribution in [0.2, 0.25) is 0 Å². The molecular formula is C20H23N3O3S. The molecule has 3 heterocycles. The average molecular weight is 385 g/mol.